The Morgan fingerprint density at radius 2 is 1.38 bits per heavy atom. The molecule has 0 heterocycles. The van der Waals surface area contributed by atoms with E-state index in [2.05, 4.69) is 54.3 Å². The van der Waals surface area contributed by atoms with Gasteiger partial charge >= 0.3 is 0 Å². The molecule has 0 aliphatic heterocycles. The molecule has 1 nitrogen and oxygen atoms in total. The second-order valence-corrected chi connectivity index (χ2v) is 10.2. The van der Waals surface area contributed by atoms with E-state index < -0.39 is 8.32 Å². The van der Waals surface area contributed by atoms with Crippen molar-refractivity contribution in [3.8, 4) is 0 Å². The van der Waals surface area contributed by atoms with E-state index in [-0.39, 0.29) is 5.41 Å². The first-order valence-electron chi connectivity index (χ1n) is 4.91. The lowest BCUT2D eigenvalue weighted by atomic mass is 9.91. The Balaban J connectivity index is 4.80. The number of allylic oxidation sites excluding steroid dienone is 2. The van der Waals surface area contributed by atoms with Crippen LogP contribution in [0, 0.1) is 5.41 Å². The largest absolute Gasteiger partial charge is 0.547 e. The fourth-order valence-electron chi connectivity index (χ4n) is 1.31. The Hall–Kier alpha value is -0.243. The lowest BCUT2D eigenvalue weighted by Crippen LogP contribution is -2.29. The van der Waals surface area contributed by atoms with Gasteiger partial charge in [-0.2, -0.15) is 0 Å². The van der Waals surface area contributed by atoms with Gasteiger partial charge in [-0.05, 0) is 39.1 Å². The van der Waals surface area contributed by atoms with Gasteiger partial charge in [-0.15, -0.1) is 0 Å². The van der Waals surface area contributed by atoms with E-state index in [4.69, 9.17) is 4.43 Å². The third-order valence-electron chi connectivity index (χ3n) is 1.54. The number of hydrogen-bond acceptors (Lipinski definition) is 1. The summed E-state index contributed by atoms with van der Waals surface area (Å²) < 4.78 is 6.08. The van der Waals surface area contributed by atoms with Crippen molar-refractivity contribution in [2.75, 3.05) is 0 Å². The van der Waals surface area contributed by atoms with Crippen molar-refractivity contribution in [1.29, 1.82) is 0 Å². The minimum Gasteiger partial charge on any atom is -0.547 e. The summed E-state index contributed by atoms with van der Waals surface area (Å²) >= 11 is 0. The summed E-state index contributed by atoms with van der Waals surface area (Å²) in [5.74, 6) is 1.17. The molecule has 0 spiro atoms. The predicted molar refractivity (Wildman–Crippen MR) is 62.3 cm³/mol. The molecule has 0 saturated heterocycles. The molecule has 0 bridgehead atoms. The highest BCUT2D eigenvalue weighted by atomic mass is 28.4. The van der Waals surface area contributed by atoms with E-state index >= 15 is 0 Å². The lowest BCUT2D eigenvalue weighted by molar-refractivity contribution is 0.283. The molecule has 0 atom stereocenters. The maximum atomic E-state index is 6.08. The van der Waals surface area contributed by atoms with Gasteiger partial charge in [-0.3, -0.25) is 0 Å². The van der Waals surface area contributed by atoms with E-state index in [1.54, 1.807) is 0 Å². The molecule has 0 aromatic carbocycles. The molecule has 0 aliphatic carbocycles. The molecule has 0 aromatic rings. The zero-order valence-electron chi connectivity index (χ0n) is 10.4. The summed E-state index contributed by atoms with van der Waals surface area (Å²) in [5, 5.41) is 0. The SMILES string of the molecule is CC(C)=C(O[Si](C)(C)C)C(C)(C)C. The van der Waals surface area contributed by atoms with Gasteiger partial charge in [-0.1, -0.05) is 20.8 Å². The third-order valence-corrected chi connectivity index (χ3v) is 2.36. The summed E-state index contributed by atoms with van der Waals surface area (Å²) in [4.78, 5) is 0. The average molecular weight is 200 g/mol. The standard InChI is InChI=1S/C11H24OSi/c1-9(2)10(11(3,4)5)12-13(6,7)8/h1-8H3. The highest BCUT2D eigenvalue weighted by Gasteiger charge is 2.26. The molecule has 0 unspecified atom stereocenters. The van der Waals surface area contributed by atoms with Crippen molar-refractivity contribution in [2.24, 2.45) is 5.41 Å². The first-order valence-corrected chi connectivity index (χ1v) is 8.32. The van der Waals surface area contributed by atoms with Crippen molar-refractivity contribution in [3.05, 3.63) is 11.3 Å². The molecule has 0 saturated carbocycles. The molecule has 2 heteroatoms. The smallest absolute Gasteiger partial charge is 0.241 e. The quantitative estimate of drug-likeness (QED) is 0.480. The van der Waals surface area contributed by atoms with Crippen molar-refractivity contribution >= 4 is 8.32 Å². The van der Waals surface area contributed by atoms with Crippen LogP contribution < -0.4 is 0 Å². The molecular formula is C11H24OSi. The molecule has 0 amide bonds. The molecule has 0 aromatic heterocycles. The first kappa shape index (κ1) is 12.8. The Morgan fingerprint density at radius 3 is 1.46 bits per heavy atom. The van der Waals surface area contributed by atoms with Gasteiger partial charge in [0.2, 0.25) is 8.32 Å². The predicted octanol–water partition coefficient (Wildman–Crippen LogP) is 4.18. The van der Waals surface area contributed by atoms with E-state index in [0.717, 1.165) is 0 Å². The molecule has 0 fully saturated rings. The van der Waals surface area contributed by atoms with Gasteiger partial charge in [0.05, 0.1) is 5.76 Å². The molecule has 13 heavy (non-hydrogen) atoms. The Kier molecular flexibility index (Phi) is 3.79. The van der Waals surface area contributed by atoms with Crippen LogP contribution in [-0.4, -0.2) is 8.32 Å². The van der Waals surface area contributed by atoms with Gasteiger partial charge in [0.15, 0.2) is 0 Å². The van der Waals surface area contributed by atoms with Crippen LogP contribution in [-0.2, 0) is 4.43 Å². The van der Waals surface area contributed by atoms with Crippen LogP contribution in [0.15, 0.2) is 11.3 Å². The minimum absolute atomic E-state index is 0.138. The van der Waals surface area contributed by atoms with Gasteiger partial charge < -0.3 is 4.43 Å². The summed E-state index contributed by atoms with van der Waals surface area (Å²) in [6.07, 6.45) is 0. The van der Waals surface area contributed by atoms with Crippen molar-refractivity contribution in [2.45, 2.75) is 54.3 Å². The van der Waals surface area contributed by atoms with E-state index in [1.807, 2.05) is 0 Å². The molecule has 78 valence electrons. The fourth-order valence-corrected chi connectivity index (χ4v) is 2.43. The molecule has 0 aliphatic rings. The summed E-state index contributed by atoms with van der Waals surface area (Å²) in [7, 11) is -1.45. The normalized spacial score (nSPS) is 12.6. The average Bonchev–Trinajstić information content (AvgIpc) is 1.77. The van der Waals surface area contributed by atoms with Crippen LogP contribution >= 0.6 is 0 Å². The highest BCUT2D eigenvalue weighted by Crippen LogP contribution is 2.31. The van der Waals surface area contributed by atoms with Crippen LogP contribution in [0.1, 0.15) is 34.6 Å². The van der Waals surface area contributed by atoms with Crippen molar-refractivity contribution in [3.63, 3.8) is 0 Å². The van der Waals surface area contributed by atoms with Gasteiger partial charge in [0.25, 0.3) is 0 Å². The van der Waals surface area contributed by atoms with Crippen LogP contribution in [0.5, 0.6) is 0 Å². The maximum Gasteiger partial charge on any atom is 0.241 e. The van der Waals surface area contributed by atoms with Crippen molar-refractivity contribution < 1.29 is 4.43 Å². The zero-order valence-corrected chi connectivity index (χ0v) is 11.4. The fraction of sp³-hybridized carbons (Fsp3) is 0.818. The summed E-state index contributed by atoms with van der Waals surface area (Å²) in [6, 6.07) is 0. The van der Waals surface area contributed by atoms with Crippen LogP contribution in [0.3, 0.4) is 0 Å². The topological polar surface area (TPSA) is 9.23 Å². The lowest BCUT2D eigenvalue weighted by Gasteiger charge is -2.31. The number of rotatable bonds is 2. The molecule has 0 N–H and O–H groups in total. The highest BCUT2D eigenvalue weighted by molar-refractivity contribution is 6.70. The third kappa shape index (κ3) is 5.14. The Bertz CT molecular complexity index is 199. The van der Waals surface area contributed by atoms with Gasteiger partial charge in [-0.25, -0.2) is 0 Å². The van der Waals surface area contributed by atoms with Crippen LogP contribution in [0.4, 0.5) is 0 Å². The summed E-state index contributed by atoms with van der Waals surface area (Å²) in [5.41, 5.74) is 1.44. The van der Waals surface area contributed by atoms with Crippen molar-refractivity contribution in [1.82, 2.24) is 0 Å². The van der Waals surface area contributed by atoms with E-state index in [0.29, 0.717) is 0 Å². The molecular weight excluding hydrogens is 176 g/mol. The number of hydrogen-bond donors (Lipinski definition) is 0. The second kappa shape index (κ2) is 3.87. The summed E-state index contributed by atoms with van der Waals surface area (Å²) in [6.45, 7) is 17.5. The van der Waals surface area contributed by atoms with Gasteiger partial charge in [0.1, 0.15) is 0 Å². The minimum atomic E-state index is -1.45. The van der Waals surface area contributed by atoms with Gasteiger partial charge in [0, 0.05) is 5.41 Å². The van der Waals surface area contributed by atoms with E-state index in [1.165, 1.54) is 11.3 Å². The molecule has 0 radical (unpaired) electrons. The second-order valence-electron chi connectivity index (χ2n) is 5.79. The first-order chi connectivity index (χ1) is 5.54. The Morgan fingerprint density at radius 1 is 1.00 bits per heavy atom. The maximum absolute atomic E-state index is 6.08. The monoisotopic (exact) mass is 200 g/mol. The van der Waals surface area contributed by atoms with Crippen LogP contribution in [0.25, 0.3) is 0 Å². The zero-order chi connectivity index (χ0) is 10.9. The molecule has 0 rings (SSSR count). The van der Waals surface area contributed by atoms with E-state index in [9.17, 15) is 0 Å². The van der Waals surface area contributed by atoms with Crippen LogP contribution in [0.2, 0.25) is 19.6 Å². The Labute approximate surface area is 84.3 Å².